The van der Waals surface area contributed by atoms with Gasteiger partial charge in [0.1, 0.15) is 0 Å². The van der Waals surface area contributed by atoms with Crippen LogP contribution in [0.5, 0.6) is 11.5 Å². The summed E-state index contributed by atoms with van der Waals surface area (Å²) in [6, 6.07) is 16.7. The number of hydrogen-bond donors (Lipinski definition) is 0. The van der Waals surface area contributed by atoms with E-state index in [2.05, 4.69) is 30.3 Å². The van der Waals surface area contributed by atoms with Gasteiger partial charge in [-0.2, -0.15) is 0 Å². The van der Waals surface area contributed by atoms with Crippen LogP contribution in [-0.2, 0) is 5.41 Å². The third-order valence-corrected chi connectivity index (χ3v) is 4.99. The Hall–Kier alpha value is -2.00. The third-order valence-electron chi connectivity index (χ3n) is 4.99. The summed E-state index contributed by atoms with van der Waals surface area (Å²) in [6.45, 7) is 0.839. The topological polar surface area (TPSA) is 30.8 Å². The molecule has 0 saturated heterocycles. The number of nitrogens with zero attached hydrogens (tertiary/aromatic N) is 1. The van der Waals surface area contributed by atoms with Crippen molar-refractivity contribution in [3.63, 3.8) is 0 Å². The Bertz CT molecular complexity index is 694. The minimum Gasteiger partial charge on any atom is -0.493 e. The van der Waals surface area contributed by atoms with Crippen molar-refractivity contribution in [1.82, 2.24) is 0 Å². The highest BCUT2D eigenvalue weighted by Gasteiger charge is 2.34. The maximum absolute atomic E-state index is 5.36. The first-order valence-electron chi connectivity index (χ1n) is 8.55. The zero-order valence-electron chi connectivity index (χ0n) is 14.9. The molecule has 0 unspecified atom stereocenters. The molecule has 2 aromatic rings. The van der Waals surface area contributed by atoms with Gasteiger partial charge in [0.2, 0.25) is 0 Å². The average molecular weight is 360 g/mol. The molecule has 3 rings (SSSR count). The van der Waals surface area contributed by atoms with Crippen LogP contribution in [0.15, 0.2) is 53.5 Å². The quantitative estimate of drug-likeness (QED) is 0.675. The Labute approximate surface area is 156 Å². The maximum atomic E-state index is 5.36. The molecule has 0 aromatic heterocycles. The molecule has 4 heteroatoms. The Kier molecular flexibility index (Phi) is 6.89. The molecule has 1 aliphatic rings. The van der Waals surface area contributed by atoms with E-state index in [9.17, 15) is 0 Å². The first-order valence-corrected chi connectivity index (χ1v) is 8.55. The normalized spacial score (nSPS) is 15.8. The summed E-state index contributed by atoms with van der Waals surface area (Å²) in [5.41, 5.74) is 2.66. The minimum atomic E-state index is 0. The fourth-order valence-electron chi connectivity index (χ4n) is 3.64. The molecule has 1 fully saturated rings. The van der Waals surface area contributed by atoms with E-state index < -0.39 is 0 Å². The molecule has 0 atom stereocenters. The number of rotatable bonds is 6. The van der Waals surface area contributed by atoms with Gasteiger partial charge in [0.15, 0.2) is 11.5 Å². The van der Waals surface area contributed by atoms with E-state index >= 15 is 0 Å². The van der Waals surface area contributed by atoms with Gasteiger partial charge < -0.3 is 9.47 Å². The van der Waals surface area contributed by atoms with Crippen LogP contribution in [0.1, 0.15) is 36.8 Å². The van der Waals surface area contributed by atoms with Gasteiger partial charge in [-0.25, -0.2) is 0 Å². The molecular weight excluding hydrogens is 334 g/mol. The Balaban J connectivity index is 0.00000225. The van der Waals surface area contributed by atoms with Gasteiger partial charge >= 0.3 is 0 Å². The highest BCUT2D eigenvalue weighted by molar-refractivity contribution is 5.85. The van der Waals surface area contributed by atoms with Crippen LogP contribution in [0.2, 0.25) is 0 Å². The molecular formula is C21H26ClNO2. The van der Waals surface area contributed by atoms with Crippen LogP contribution in [0.4, 0.5) is 0 Å². The van der Waals surface area contributed by atoms with Crippen LogP contribution in [0.3, 0.4) is 0 Å². The van der Waals surface area contributed by atoms with Crippen LogP contribution >= 0.6 is 12.4 Å². The summed E-state index contributed by atoms with van der Waals surface area (Å²) >= 11 is 0. The van der Waals surface area contributed by atoms with Crippen molar-refractivity contribution in [2.45, 2.75) is 31.1 Å². The van der Waals surface area contributed by atoms with Crippen molar-refractivity contribution in [3.05, 3.63) is 59.7 Å². The van der Waals surface area contributed by atoms with E-state index in [1.54, 1.807) is 14.2 Å². The summed E-state index contributed by atoms with van der Waals surface area (Å²) in [6.07, 6.45) is 6.98. The molecule has 0 N–H and O–H groups in total. The lowest BCUT2D eigenvalue weighted by atomic mass is 9.79. The predicted octanol–water partition coefficient (Wildman–Crippen LogP) is 5.06. The van der Waals surface area contributed by atoms with Crippen molar-refractivity contribution < 1.29 is 9.47 Å². The second kappa shape index (κ2) is 8.91. The first kappa shape index (κ1) is 19.3. The van der Waals surface area contributed by atoms with Gasteiger partial charge in [0.25, 0.3) is 0 Å². The molecule has 0 radical (unpaired) electrons. The summed E-state index contributed by atoms with van der Waals surface area (Å²) < 4.78 is 10.6. The lowest BCUT2D eigenvalue weighted by Gasteiger charge is -2.27. The molecule has 1 saturated carbocycles. The SMILES string of the molecule is COc1ccc(C=NCC2(c3ccccc3)CCCC2)cc1OC.Cl. The van der Waals surface area contributed by atoms with Crippen molar-refractivity contribution >= 4 is 18.6 Å². The molecule has 25 heavy (non-hydrogen) atoms. The molecule has 0 amide bonds. The fraction of sp³-hybridized carbons (Fsp3) is 0.381. The van der Waals surface area contributed by atoms with Crippen LogP contribution in [-0.4, -0.2) is 27.0 Å². The molecule has 2 aromatic carbocycles. The van der Waals surface area contributed by atoms with E-state index in [-0.39, 0.29) is 17.8 Å². The Morgan fingerprint density at radius 1 is 0.960 bits per heavy atom. The zero-order valence-corrected chi connectivity index (χ0v) is 15.7. The number of methoxy groups -OCH3 is 2. The van der Waals surface area contributed by atoms with Gasteiger partial charge in [-0.3, -0.25) is 4.99 Å². The fourth-order valence-corrected chi connectivity index (χ4v) is 3.64. The Morgan fingerprint density at radius 3 is 2.28 bits per heavy atom. The molecule has 0 heterocycles. The van der Waals surface area contributed by atoms with E-state index in [1.807, 2.05) is 24.4 Å². The molecule has 1 aliphatic carbocycles. The largest absolute Gasteiger partial charge is 0.493 e. The van der Waals surface area contributed by atoms with E-state index in [0.29, 0.717) is 0 Å². The van der Waals surface area contributed by atoms with Gasteiger partial charge in [-0.1, -0.05) is 43.2 Å². The molecule has 3 nitrogen and oxygen atoms in total. The summed E-state index contributed by atoms with van der Waals surface area (Å²) in [7, 11) is 3.30. The summed E-state index contributed by atoms with van der Waals surface area (Å²) in [4.78, 5) is 4.78. The second-order valence-electron chi connectivity index (χ2n) is 6.44. The summed E-state index contributed by atoms with van der Waals surface area (Å²) in [5.74, 6) is 1.48. The van der Waals surface area contributed by atoms with Crippen LogP contribution < -0.4 is 9.47 Å². The average Bonchev–Trinajstić information content (AvgIpc) is 3.12. The van der Waals surface area contributed by atoms with Crippen molar-refractivity contribution in [2.24, 2.45) is 4.99 Å². The van der Waals surface area contributed by atoms with Crippen molar-refractivity contribution in [1.29, 1.82) is 0 Å². The smallest absolute Gasteiger partial charge is 0.161 e. The van der Waals surface area contributed by atoms with E-state index in [0.717, 1.165) is 23.6 Å². The number of hydrogen-bond acceptors (Lipinski definition) is 3. The Morgan fingerprint density at radius 2 is 1.64 bits per heavy atom. The summed E-state index contributed by atoms with van der Waals surface area (Å²) in [5, 5.41) is 0. The first-order chi connectivity index (χ1) is 11.8. The van der Waals surface area contributed by atoms with Gasteiger partial charge in [0.05, 0.1) is 14.2 Å². The number of ether oxygens (including phenoxy) is 2. The number of aliphatic imine (C=N–C) groups is 1. The van der Waals surface area contributed by atoms with Crippen molar-refractivity contribution in [3.8, 4) is 11.5 Å². The number of halogens is 1. The lowest BCUT2D eigenvalue weighted by molar-refractivity contribution is 0.355. The minimum absolute atomic E-state index is 0. The maximum Gasteiger partial charge on any atom is 0.161 e. The molecule has 0 aliphatic heterocycles. The molecule has 134 valence electrons. The molecule has 0 spiro atoms. The van der Waals surface area contributed by atoms with Gasteiger partial charge in [-0.05, 0) is 42.2 Å². The van der Waals surface area contributed by atoms with Crippen LogP contribution in [0.25, 0.3) is 0 Å². The second-order valence-corrected chi connectivity index (χ2v) is 6.44. The van der Waals surface area contributed by atoms with Gasteiger partial charge in [0, 0.05) is 18.2 Å². The monoisotopic (exact) mass is 359 g/mol. The highest BCUT2D eigenvalue weighted by atomic mass is 35.5. The molecule has 0 bridgehead atoms. The van der Waals surface area contributed by atoms with E-state index in [4.69, 9.17) is 14.5 Å². The van der Waals surface area contributed by atoms with Crippen molar-refractivity contribution in [2.75, 3.05) is 20.8 Å². The highest BCUT2D eigenvalue weighted by Crippen LogP contribution is 2.41. The third kappa shape index (κ3) is 4.35. The van der Waals surface area contributed by atoms with E-state index in [1.165, 1.54) is 31.2 Å². The zero-order chi connectivity index (χ0) is 16.8. The predicted molar refractivity (Wildman–Crippen MR) is 106 cm³/mol. The number of benzene rings is 2. The standard InChI is InChI=1S/C21H25NO2.ClH/c1-23-19-11-10-17(14-20(19)24-2)15-22-16-21(12-6-7-13-21)18-8-4-3-5-9-18;/h3-5,8-11,14-15H,6-7,12-13,16H2,1-2H3;1H. The van der Waals surface area contributed by atoms with Crippen LogP contribution in [0, 0.1) is 0 Å². The lowest BCUT2D eigenvalue weighted by Crippen LogP contribution is -2.25. The van der Waals surface area contributed by atoms with Gasteiger partial charge in [-0.15, -0.1) is 12.4 Å².